The molecule has 2 heterocycles. The van der Waals surface area contributed by atoms with Crippen molar-refractivity contribution in [2.24, 2.45) is 0 Å². The van der Waals surface area contributed by atoms with Crippen LogP contribution in [0.25, 0.3) is 22.0 Å². The molecule has 0 aliphatic rings. The molecule has 5 rings (SSSR count). The van der Waals surface area contributed by atoms with Crippen molar-refractivity contribution in [2.75, 3.05) is 0 Å². The first kappa shape index (κ1) is 29.3. The van der Waals surface area contributed by atoms with E-state index in [-0.39, 0.29) is 12.8 Å². The number of carboxylic acid groups (broad SMARTS) is 1. The Labute approximate surface area is 249 Å². The molecule has 4 N–H and O–H groups in total. The van der Waals surface area contributed by atoms with Crippen LogP contribution >= 0.6 is 0 Å². The van der Waals surface area contributed by atoms with Crippen LogP contribution in [-0.4, -0.2) is 45.1 Å². The van der Waals surface area contributed by atoms with Gasteiger partial charge in [0.15, 0.2) is 0 Å². The van der Waals surface area contributed by atoms with Crippen molar-refractivity contribution in [3.63, 3.8) is 0 Å². The van der Waals surface area contributed by atoms with Gasteiger partial charge in [-0.15, -0.1) is 0 Å². The van der Waals surface area contributed by atoms with Crippen molar-refractivity contribution >= 4 is 28.7 Å². The van der Waals surface area contributed by atoms with Crippen LogP contribution in [0.15, 0.2) is 77.4 Å². The second-order valence-corrected chi connectivity index (χ2v) is 11.0. The summed E-state index contributed by atoms with van der Waals surface area (Å²) in [5.41, 5.74) is 7.32. The van der Waals surface area contributed by atoms with E-state index in [2.05, 4.69) is 20.8 Å². The number of carboxylic acids is 1. The highest BCUT2D eigenvalue weighted by molar-refractivity contribution is 5.98. The first-order chi connectivity index (χ1) is 20.6. The molecule has 0 radical (unpaired) electrons. The number of benzene rings is 3. The minimum atomic E-state index is -1.20. The Morgan fingerprint density at radius 3 is 2.23 bits per heavy atom. The highest BCUT2D eigenvalue weighted by Crippen LogP contribution is 2.27. The lowest BCUT2D eigenvalue weighted by Crippen LogP contribution is -2.53. The summed E-state index contributed by atoms with van der Waals surface area (Å²) in [6, 6.07) is 18.4. The summed E-state index contributed by atoms with van der Waals surface area (Å²) >= 11 is 0. The minimum Gasteiger partial charge on any atom is -0.480 e. The molecule has 0 saturated carbocycles. The second-order valence-electron chi connectivity index (χ2n) is 11.0. The Balaban J connectivity index is 1.39. The van der Waals surface area contributed by atoms with E-state index in [4.69, 9.17) is 4.52 Å². The zero-order valence-corrected chi connectivity index (χ0v) is 24.5. The molecule has 2 amide bonds. The number of carbonyl (C=O) groups is 3. The summed E-state index contributed by atoms with van der Waals surface area (Å²) in [6.45, 7) is 7.52. The van der Waals surface area contributed by atoms with Crippen molar-refractivity contribution < 1.29 is 24.0 Å². The monoisotopic (exact) mass is 578 g/mol. The summed E-state index contributed by atoms with van der Waals surface area (Å²) < 4.78 is 5.30. The molecule has 0 unspecified atom stereocenters. The van der Waals surface area contributed by atoms with Crippen molar-refractivity contribution in [3.8, 4) is 11.1 Å². The number of hydrogen-bond donors (Lipinski definition) is 4. The van der Waals surface area contributed by atoms with Crippen LogP contribution in [0.5, 0.6) is 0 Å². The van der Waals surface area contributed by atoms with Crippen LogP contribution in [0.1, 0.15) is 44.1 Å². The van der Waals surface area contributed by atoms with E-state index in [1.807, 2.05) is 82.3 Å². The summed E-state index contributed by atoms with van der Waals surface area (Å²) in [5, 5.41) is 20.5. The molecule has 0 saturated heterocycles. The molecule has 220 valence electrons. The van der Waals surface area contributed by atoms with Gasteiger partial charge in [-0.3, -0.25) is 9.59 Å². The third kappa shape index (κ3) is 6.67. The number of aliphatic carboxylic acids is 1. The van der Waals surface area contributed by atoms with Gasteiger partial charge in [-0.2, -0.15) is 0 Å². The summed E-state index contributed by atoms with van der Waals surface area (Å²) in [7, 11) is 0. The summed E-state index contributed by atoms with van der Waals surface area (Å²) in [5.74, 6) is -1.46. The van der Waals surface area contributed by atoms with E-state index in [1.165, 1.54) is 0 Å². The SMILES string of the molecule is Cc1cc(C)cc(C(=O)N[C@H](Cc2ccc(-c3c(C)noc3C)cc2)C(=O)N[C@@H](Cc2c[nH]c3ccccc23)C(=O)O)c1. The van der Waals surface area contributed by atoms with Crippen molar-refractivity contribution in [3.05, 3.63) is 112 Å². The standard InChI is InChI=1S/C34H34N4O5/c1-19-13-20(2)15-25(14-19)32(39)36-29(16-23-9-11-24(12-10-23)31-21(3)38-43-22(31)4)33(40)37-30(34(41)42)17-26-18-35-28-8-6-5-7-27(26)28/h5-15,18,29-30,35H,16-17H2,1-4H3,(H,36,39)(H,37,40)(H,41,42)/t29-,30+/m1/s1. The lowest BCUT2D eigenvalue weighted by molar-refractivity contribution is -0.142. The van der Waals surface area contributed by atoms with Gasteiger partial charge >= 0.3 is 5.97 Å². The average Bonchev–Trinajstić information content (AvgIpc) is 3.54. The molecule has 3 aromatic carbocycles. The number of para-hydroxylation sites is 1. The third-order valence-electron chi connectivity index (χ3n) is 7.54. The fraction of sp³-hybridized carbons (Fsp3) is 0.235. The number of nitrogens with one attached hydrogen (secondary N) is 3. The zero-order chi connectivity index (χ0) is 30.7. The molecule has 2 atom stereocenters. The summed E-state index contributed by atoms with van der Waals surface area (Å²) in [6.07, 6.45) is 1.99. The number of rotatable bonds is 10. The highest BCUT2D eigenvalue weighted by Gasteiger charge is 2.28. The second kappa shape index (κ2) is 12.4. The molecule has 0 aliphatic carbocycles. The quantitative estimate of drug-likeness (QED) is 0.180. The molecule has 5 aromatic rings. The molecule has 9 heteroatoms. The lowest BCUT2D eigenvalue weighted by atomic mass is 9.98. The number of H-pyrrole nitrogens is 1. The van der Waals surface area contributed by atoms with Crippen LogP contribution < -0.4 is 10.6 Å². The summed E-state index contributed by atoms with van der Waals surface area (Å²) in [4.78, 5) is 42.4. The molecular formula is C34H34N4O5. The Hall–Kier alpha value is -5.18. The normalized spacial score (nSPS) is 12.6. The van der Waals surface area contributed by atoms with Gasteiger partial charge in [0.05, 0.1) is 5.69 Å². The first-order valence-corrected chi connectivity index (χ1v) is 14.1. The molecular weight excluding hydrogens is 544 g/mol. The van der Waals surface area contributed by atoms with Crippen LogP contribution in [0.2, 0.25) is 0 Å². The predicted molar refractivity (Wildman–Crippen MR) is 164 cm³/mol. The maximum atomic E-state index is 13.7. The molecule has 2 aromatic heterocycles. The number of nitrogens with zero attached hydrogens (tertiary/aromatic N) is 1. The van der Waals surface area contributed by atoms with Gasteiger partial charge in [0.2, 0.25) is 5.91 Å². The fourth-order valence-electron chi connectivity index (χ4n) is 5.49. The van der Waals surface area contributed by atoms with Gasteiger partial charge < -0.3 is 25.2 Å². The van der Waals surface area contributed by atoms with Gasteiger partial charge in [-0.05, 0) is 62.6 Å². The molecule has 0 spiro atoms. The van der Waals surface area contributed by atoms with Crippen LogP contribution in [0.3, 0.4) is 0 Å². The number of carbonyl (C=O) groups excluding carboxylic acids is 2. The Morgan fingerprint density at radius 2 is 1.58 bits per heavy atom. The van der Waals surface area contributed by atoms with Gasteiger partial charge in [-0.25, -0.2) is 4.79 Å². The molecule has 9 nitrogen and oxygen atoms in total. The van der Waals surface area contributed by atoms with Gasteiger partial charge in [-0.1, -0.05) is 64.8 Å². The first-order valence-electron chi connectivity index (χ1n) is 14.1. The smallest absolute Gasteiger partial charge is 0.326 e. The number of aryl methyl sites for hydroxylation is 4. The van der Waals surface area contributed by atoms with Crippen LogP contribution in [-0.2, 0) is 22.4 Å². The number of aromatic nitrogens is 2. The Kier molecular flexibility index (Phi) is 8.43. The Bertz CT molecular complexity index is 1760. The molecule has 0 fully saturated rings. The maximum absolute atomic E-state index is 13.7. The zero-order valence-electron chi connectivity index (χ0n) is 24.5. The van der Waals surface area contributed by atoms with E-state index in [9.17, 15) is 19.5 Å². The van der Waals surface area contributed by atoms with E-state index in [0.717, 1.165) is 50.0 Å². The number of fused-ring (bicyclic) bond motifs is 1. The topological polar surface area (TPSA) is 137 Å². The molecule has 43 heavy (non-hydrogen) atoms. The van der Waals surface area contributed by atoms with Crippen molar-refractivity contribution in [1.29, 1.82) is 0 Å². The highest BCUT2D eigenvalue weighted by atomic mass is 16.5. The third-order valence-corrected chi connectivity index (χ3v) is 7.54. The van der Waals surface area contributed by atoms with Crippen LogP contribution in [0.4, 0.5) is 0 Å². The van der Waals surface area contributed by atoms with Crippen molar-refractivity contribution in [1.82, 2.24) is 20.8 Å². The minimum absolute atomic E-state index is 0.0783. The van der Waals surface area contributed by atoms with E-state index in [1.54, 1.807) is 18.3 Å². The Morgan fingerprint density at radius 1 is 0.884 bits per heavy atom. The molecule has 0 aliphatic heterocycles. The maximum Gasteiger partial charge on any atom is 0.326 e. The number of aromatic amines is 1. The largest absolute Gasteiger partial charge is 0.480 e. The molecule has 0 bridgehead atoms. The van der Waals surface area contributed by atoms with E-state index >= 15 is 0 Å². The average molecular weight is 579 g/mol. The fourth-order valence-corrected chi connectivity index (χ4v) is 5.49. The lowest BCUT2D eigenvalue weighted by Gasteiger charge is -2.22. The van der Waals surface area contributed by atoms with Gasteiger partial charge in [0.1, 0.15) is 17.8 Å². The number of amides is 2. The van der Waals surface area contributed by atoms with E-state index < -0.39 is 29.9 Å². The van der Waals surface area contributed by atoms with Gasteiger partial charge in [0, 0.05) is 41.1 Å². The van der Waals surface area contributed by atoms with Crippen molar-refractivity contribution in [2.45, 2.75) is 52.6 Å². The predicted octanol–water partition coefficient (Wildman–Crippen LogP) is 5.21. The van der Waals surface area contributed by atoms with Crippen LogP contribution in [0, 0.1) is 27.7 Å². The van der Waals surface area contributed by atoms with Gasteiger partial charge in [0.25, 0.3) is 5.91 Å². The number of hydrogen-bond acceptors (Lipinski definition) is 5. The van der Waals surface area contributed by atoms with E-state index in [0.29, 0.717) is 11.3 Å².